The van der Waals surface area contributed by atoms with Crippen LogP contribution in [0.25, 0.3) is 0 Å². The van der Waals surface area contributed by atoms with Crippen LogP contribution in [-0.2, 0) is 6.18 Å². The summed E-state index contributed by atoms with van der Waals surface area (Å²) in [4.78, 5) is 0. The smallest absolute Gasteiger partial charge is 0.360 e. The van der Waals surface area contributed by atoms with Gasteiger partial charge in [0.1, 0.15) is 17.7 Å². The van der Waals surface area contributed by atoms with Crippen LogP contribution in [0.5, 0.6) is 0 Å². The second-order valence-corrected chi connectivity index (χ2v) is 3.30. The van der Waals surface area contributed by atoms with Crippen molar-refractivity contribution in [2.24, 2.45) is 0 Å². The number of nitrogens with one attached hydrogen (secondary N) is 1. The number of hydrogen-bond acceptors (Lipinski definition) is 4. The van der Waals surface area contributed by atoms with Crippen LogP contribution in [-0.4, -0.2) is 0 Å². The molecule has 0 spiro atoms. The molecule has 0 heterocycles. The van der Waals surface area contributed by atoms with Crippen molar-refractivity contribution in [1.82, 2.24) is 0 Å². The molecule has 94 valence electrons. The van der Waals surface area contributed by atoms with Gasteiger partial charge in [-0.05, 0) is 18.2 Å². The summed E-state index contributed by atoms with van der Waals surface area (Å²) in [6.45, 7) is 0. The lowest BCUT2D eigenvalue weighted by Gasteiger charge is -2.10. The van der Waals surface area contributed by atoms with Crippen molar-refractivity contribution in [3.63, 3.8) is 0 Å². The topological polar surface area (TPSA) is 83.4 Å². The van der Waals surface area contributed by atoms with Crippen molar-refractivity contribution >= 4 is 5.69 Å². The van der Waals surface area contributed by atoms with Crippen LogP contribution >= 0.6 is 0 Å². The Labute approximate surface area is 106 Å². The SMILES string of the molecule is N#CC(C#N)=CNc1ccc(C#N)c(C(F)(F)F)c1. The lowest BCUT2D eigenvalue weighted by atomic mass is 10.1. The minimum absolute atomic E-state index is 0.0225. The van der Waals surface area contributed by atoms with Gasteiger partial charge in [-0.1, -0.05) is 0 Å². The molecule has 0 saturated heterocycles. The van der Waals surface area contributed by atoms with Crippen molar-refractivity contribution in [3.05, 3.63) is 41.1 Å². The fourth-order valence-electron chi connectivity index (χ4n) is 1.21. The van der Waals surface area contributed by atoms with Crippen molar-refractivity contribution < 1.29 is 13.2 Å². The van der Waals surface area contributed by atoms with E-state index in [1.54, 1.807) is 12.1 Å². The minimum atomic E-state index is -4.65. The Kier molecular flexibility index (Phi) is 4.13. The van der Waals surface area contributed by atoms with E-state index in [1.165, 1.54) is 12.1 Å². The van der Waals surface area contributed by atoms with Crippen LogP contribution in [0.15, 0.2) is 30.0 Å². The molecule has 19 heavy (non-hydrogen) atoms. The van der Waals surface area contributed by atoms with Gasteiger partial charge in [0.2, 0.25) is 0 Å². The van der Waals surface area contributed by atoms with Gasteiger partial charge in [0.15, 0.2) is 0 Å². The standard InChI is InChI=1S/C12H5F3N4/c13-12(14,15)11-3-10(2-1-9(11)6-18)19-7-8(4-16)5-17/h1-3,7,19H. The molecule has 0 radical (unpaired) electrons. The van der Waals surface area contributed by atoms with Crippen LogP contribution in [0.1, 0.15) is 11.1 Å². The molecule has 1 rings (SSSR count). The third kappa shape index (κ3) is 3.49. The Morgan fingerprint density at radius 1 is 1.16 bits per heavy atom. The number of anilines is 1. The Balaban J connectivity index is 3.16. The highest BCUT2D eigenvalue weighted by Gasteiger charge is 2.33. The van der Waals surface area contributed by atoms with Crippen molar-refractivity contribution in [2.75, 3.05) is 5.32 Å². The number of nitriles is 3. The quantitative estimate of drug-likeness (QED) is 0.830. The summed E-state index contributed by atoms with van der Waals surface area (Å²) < 4.78 is 37.9. The van der Waals surface area contributed by atoms with E-state index in [9.17, 15) is 13.2 Å². The minimum Gasteiger partial charge on any atom is -0.360 e. The molecule has 1 aromatic carbocycles. The molecule has 0 unspecified atom stereocenters. The van der Waals surface area contributed by atoms with Crippen molar-refractivity contribution in [2.45, 2.75) is 6.18 Å². The molecule has 7 heteroatoms. The zero-order valence-corrected chi connectivity index (χ0v) is 9.28. The average molecular weight is 262 g/mol. The maximum absolute atomic E-state index is 12.6. The van der Waals surface area contributed by atoms with Crippen molar-refractivity contribution in [1.29, 1.82) is 15.8 Å². The molecule has 0 aromatic heterocycles. The molecule has 0 amide bonds. The Bertz CT molecular complexity index is 623. The van der Waals surface area contributed by atoms with Crippen molar-refractivity contribution in [3.8, 4) is 18.2 Å². The monoisotopic (exact) mass is 262 g/mol. The van der Waals surface area contributed by atoms with E-state index in [0.717, 1.165) is 18.3 Å². The normalized spacial score (nSPS) is 9.68. The first-order chi connectivity index (χ1) is 8.92. The number of halogens is 3. The molecule has 0 saturated carbocycles. The molecular weight excluding hydrogens is 257 g/mol. The van der Waals surface area contributed by atoms with E-state index >= 15 is 0 Å². The molecule has 0 bridgehead atoms. The number of allylic oxidation sites excluding steroid dienone is 1. The molecule has 0 aliphatic rings. The first kappa shape index (κ1) is 14.1. The third-order valence-corrected chi connectivity index (χ3v) is 2.07. The summed E-state index contributed by atoms with van der Waals surface area (Å²) in [5, 5.41) is 27.9. The highest BCUT2D eigenvalue weighted by atomic mass is 19.4. The zero-order chi connectivity index (χ0) is 14.5. The van der Waals surface area contributed by atoms with Crippen LogP contribution in [0.2, 0.25) is 0 Å². The summed E-state index contributed by atoms with van der Waals surface area (Å²) in [5.74, 6) is 0. The molecule has 1 aromatic rings. The molecule has 0 atom stereocenters. The van der Waals surface area contributed by atoms with Gasteiger partial charge in [0.05, 0.1) is 17.2 Å². The van der Waals surface area contributed by atoms with Crippen LogP contribution in [0.3, 0.4) is 0 Å². The number of nitrogens with zero attached hydrogens (tertiary/aromatic N) is 3. The maximum atomic E-state index is 12.6. The predicted octanol–water partition coefficient (Wildman–Crippen LogP) is 2.92. The zero-order valence-electron chi connectivity index (χ0n) is 9.28. The van der Waals surface area contributed by atoms with Crippen LogP contribution in [0, 0.1) is 34.0 Å². The van der Waals surface area contributed by atoms with Crippen LogP contribution in [0.4, 0.5) is 18.9 Å². The summed E-state index contributed by atoms with van der Waals surface area (Å²) in [6.07, 6.45) is -3.67. The fraction of sp³-hybridized carbons (Fsp3) is 0.0833. The van der Waals surface area contributed by atoms with Gasteiger partial charge in [0, 0.05) is 11.9 Å². The number of rotatable bonds is 2. The van der Waals surface area contributed by atoms with Gasteiger partial charge in [0.25, 0.3) is 0 Å². The summed E-state index contributed by atoms with van der Waals surface area (Å²) >= 11 is 0. The van der Waals surface area contributed by atoms with E-state index < -0.39 is 17.3 Å². The Morgan fingerprint density at radius 3 is 2.26 bits per heavy atom. The highest BCUT2D eigenvalue weighted by molar-refractivity contribution is 5.55. The van der Waals surface area contributed by atoms with Gasteiger partial charge in [-0.2, -0.15) is 29.0 Å². The fourth-order valence-corrected chi connectivity index (χ4v) is 1.21. The number of benzene rings is 1. The van der Waals surface area contributed by atoms with Gasteiger partial charge >= 0.3 is 6.18 Å². The molecule has 0 aliphatic heterocycles. The van der Waals surface area contributed by atoms with Gasteiger partial charge in [-0.3, -0.25) is 0 Å². The average Bonchev–Trinajstić information content (AvgIpc) is 2.38. The predicted molar refractivity (Wildman–Crippen MR) is 59.1 cm³/mol. The van der Waals surface area contributed by atoms with E-state index in [-0.39, 0.29) is 11.3 Å². The lowest BCUT2D eigenvalue weighted by Crippen LogP contribution is -2.08. The van der Waals surface area contributed by atoms with Gasteiger partial charge < -0.3 is 5.32 Å². The third-order valence-electron chi connectivity index (χ3n) is 2.07. The number of hydrogen-bond donors (Lipinski definition) is 1. The second kappa shape index (κ2) is 5.57. The maximum Gasteiger partial charge on any atom is 0.417 e. The van der Waals surface area contributed by atoms with Gasteiger partial charge in [-0.15, -0.1) is 0 Å². The second-order valence-electron chi connectivity index (χ2n) is 3.30. The first-order valence-corrected chi connectivity index (χ1v) is 4.80. The molecule has 1 N–H and O–H groups in total. The molecule has 0 aliphatic carbocycles. The summed E-state index contributed by atoms with van der Waals surface area (Å²) in [7, 11) is 0. The van der Waals surface area contributed by atoms with E-state index in [4.69, 9.17) is 15.8 Å². The number of alkyl halides is 3. The van der Waals surface area contributed by atoms with E-state index in [1.807, 2.05) is 0 Å². The summed E-state index contributed by atoms with van der Waals surface area (Å²) in [6, 6.07) is 7.55. The van der Waals surface area contributed by atoms with Crippen LogP contribution < -0.4 is 5.32 Å². The molecular formula is C12H5F3N4. The lowest BCUT2D eigenvalue weighted by molar-refractivity contribution is -0.137. The first-order valence-electron chi connectivity index (χ1n) is 4.80. The Morgan fingerprint density at radius 2 is 1.79 bits per heavy atom. The highest BCUT2D eigenvalue weighted by Crippen LogP contribution is 2.33. The summed E-state index contributed by atoms with van der Waals surface area (Å²) in [5.41, 5.74) is -1.83. The van der Waals surface area contributed by atoms with E-state index in [2.05, 4.69) is 5.32 Å². The molecule has 0 fully saturated rings. The molecule has 4 nitrogen and oxygen atoms in total. The van der Waals surface area contributed by atoms with E-state index in [0.29, 0.717) is 0 Å². The largest absolute Gasteiger partial charge is 0.417 e. The van der Waals surface area contributed by atoms with Gasteiger partial charge in [-0.25, -0.2) is 0 Å². The Hall–Kier alpha value is -2.98.